The Hall–Kier alpha value is -0.330. The Balaban J connectivity index is 2.70. The van der Waals surface area contributed by atoms with Crippen molar-refractivity contribution in [1.82, 2.24) is 5.32 Å². The van der Waals surface area contributed by atoms with Crippen LogP contribution in [0.2, 0.25) is 0 Å². The Morgan fingerprint density at radius 1 is 1.59 bits per heavy atom. The molecule has 17 heavy (non-hydrogen) atoms. The molecule has 1 amide bonds. The van der Waals surface area contributed by atoms with Crippen LogP contribution < -0.4 is 5.32 Å². The molecule has 0 fully saturated rings. The van der Waals surface area contributed by atoms with Gasteiger partial charge in [-0.15, -0.1) is 11.6 Å². The van der Waals surface area contributed by atoms with E-state index in [1.165, 1.54) is 0 Å². The van der Waals surface area contributed by atoms with Crippen molar-refractivity contribution in [3.63, 3.8) is 0 Å². The highest BCUT2D eigenvalue weighted by molar-refractivity contribution is 14.1. The molecule has 0 aliphatic carbocycles. The average Bonchev–Trinajstić information content (AvgIpc) is 2.27. The van der Waals surface area contributed by atoms with Gasteiger partial charge in [-0.1, -0.05) is 12.1 Å². The first-order valence-electron chi connectivity index (χ1n) is 5.30. The van der Waals surface area contributed by atoms with Crippen LogP contribution in [0.5, 0.6) is 0 Å². The lowest BCUT2D eigenvalue weighted by Crippen LogP contribution is -2.44. The van der Waals surface area contributed by atoms with Gasteiger partial charge in [0.1, 0.15) is 5.88 Å². The number of carbonyl (C=O) groups is 1. The van der Waals surface area contributed by atoms with Crippen LogP contribution in [-0.4, -0.2) is 29.0 Å². The highest BCUT2D eigenvalue weighted by Crippen LogP contribution is 2.11. The molecule has 2 atom stereocenters. The largest absolute Gasteiger partial charge is 0.391 e. The van der Waals surface area contributed by atoms with Crippen molar-refractivity contribution in [2.24, 2.45) is 0 Å². The molecule has 3 nitrogen and oxygen atoms in total. The summed E-state index contributed by atoms with van der Waals surface area (Å²) >= 11 is 7.67. The maximum absolute atomic E-state index is 11.2. The first-order chi connectivity index (χ1) is 8.02. The van der Waals surface area contributed by atoms with E-state index in [1.807, 2.05) is 24.3 Å². The summed E-state index contributed by atoms with van der Waals surface area (Å²) in [6.45, 7) is 1.66. The van der Waals surface area contributed by atoms with E-state index in [4.69, 9.17) is 11.6 Å². The molecule has 0 saturated carbocycles. The third kappa shape index (κ3) is 5.23. The second-order valence-electron chi connectivity index (χ2n) is 3.88. The molecule has 5 heteroatoms. The van der Waals surface area contributed by atoms with E-state index in [-0.39, 0.29) is 17.8 Å². The topological polar surface area (TPSA) is 49.3 Å². The van der Waals surface area contributed by atoms with Crippen LogP contribution >= 0.6 is 34.2 Å². The minimum Gasteiger partial charge on any atom is -0.391 e. The summed E-state index contributed by atoms with van der Waals surface area (Å²) in [5.74, 6) is -0.349. The Bertz CT molecular complexity index is 385. The molecule has 0 radical (unpaired) electrons. The van der Waals surface area contributed by atoms with Crippen molar-refractivity contribution >= 4 is 40.1 Å². The van der Waals surface area contributed by atoms with E-state index in [0.29, 0.717) is 6.42 Å². The molecule has 0 aliphatic heterocycles. The molecule has 1 aromatic rings. The molecule has 0 aromatic heterocycles. The van der Waals surface area contributed by atoms with Gasteiger partial charge in [0, 0.05) is 3.57 Å². The predicted octanol–water partition coefficient (Wildman–Crippen LogP) is 1.94. The molecule has 0 spiro atoms. The van der Waals surface area contributed by atoms with E-state index in [9.17, 15) is 9.90 Å². The Labute approximate surface area is 120 Å². The number of rotatable bonds is 5. The van der Waals surface area contributed by atoms with Crippen molar-refractivity contribution < 1.29 is 9.90 Å². The van der Waals surface area contributed by atoms with Gasteiger partial charge in [-0.05, 0) is 53.6 Å². The second kappa shape index (κ2) is 7.18. The number of nitrogens with one attached hydrogen (secondary N) is 1. The fourth-order valence-corrected chi connectivity index (χ4v) is 2.19. The van der Waals surface area contributed by atoms with Gasteiger partial charge < -0.3 is 10.4 Å². The van der Waals surface area contributed by atoms with E-state index < -0.39 is 6.10 Å². The third-order valence-corrected chi connectivity index (χ3v) is 3.31. The first kappa shape index (κ1) is 14.7. The van der Waals surface area contributed by atoms with Gasteiger partial charge in [0.2, 0.25) is 5.91 Å². The van der Waals surface area contributed by atoms with E-state index in [0.717, 1.165) is 9.13 Å². The summed E-state index contributed by atoms with van der Waals surface area (Å²) in [5, 5.41) is 12.3. The average molecular weight is 368 g/mol. The summed E-state index contributed by atoms with van der Waals surface area (Å²) < 4.78 is 1.13. The van der Waals surface area contributed by atoms with Gasteiger partial charge >= 0.3 is 0 Å². The van der Waals surface area contributed by atoms with Crippen LogP contribution in [0.25, 0.3) is 0 Å². The number of amides is 1. The lowest BCUT2D eigenvalue weighted by molar-refractivity contribution is -0.120. The number of alkyl halides is 1. The third-order valence-electron chi connectivity index (χ3n) is 2.39. The molecule has 0 heterocycles. The molecule has 1 rings (SSSR count). The van der Waals surface area contributed by atoms with Crippen LogP contribution in [0.1, 0.15) is 12.5 Å². The highest BCUT2D eigenvalue weighted by atomic mass is 127. The Morgan fingerprint density at radius 3 is 2.82 bits per heavy atom. The monoisotopic (exact) mass is 367 g/mol. The second-order valence-corrected chi connectivity index (χ2v) is 5.40. The van der Waals surface area contributed by atoms with Gasteiger partial charge in [-0.3, -0.25) is 4.79 Å². The lowest BCUT2D eigenvalue weighted by atomic mass is 10.0. The fraction of sp³-hybridized carbons (Fsp3) is 0.417. The number of hydrogen-bond donors (Lipinski definition) is 2. The summed E-state index contributed by atoms with van der Waals surface area (Å²) in [6.07, 6.45) is -0.0167. The number of benzene rings is 1. The molecular weight excluding hydrogens is 352 g/mol. The van der Waals surface area contributed by atoms with E-state index in [2.05, 4.69) is 27.9 Å². The Kier molecular flexibility index (Phi) is 6.22. The molecule has 1 aromatic carbocycles. The van der Waals surface area contributed by atoms with E-state index in [1.54, 1.807) is 6.92 Å². The number of halogens is 2. The maximum Gasteiger partial charge on any atom is 0.235 e. The summed E-state index contributed by atoms with van der Waals surface area (Å²) in [6, 6.07) is 7.66. The number of aliphatic hydroxyl groups excluding tert-OH is 1. The minimum absolute atomic E-state index is 0.0878. The van der Waals surface area contributed by atoms with Crippen molar-refractivity contribution in [2.45, 2.75) is 25.5 Å². The fourth-order valence-electron chi connectivity index (χ4n) is 1.51. The normalized spacial score (nSPS) is 14.1. The minimum atomic E-state index is -0.611. The highest BCUT2D eigenvalue weighted by Gasteiger charge is 2.17. The summed E-state index contributed by atoms with van der Waals surface area (Å²) in [7, 11) is 0. The number of aliphatic hydroxyl groups is 1. The zero-order chi connectivity index (χ0) is 12.8. The zero-order valence-corrected chi connectivity index (χ0v) is 12.4. The van der Waals surface area contributed by atoms with E-state index >= 15 is 0 Å². The molecule has 0 aliphatic rings. The molecular formula is C12H15ClINO2. The molecule has 94 valence electrons. The summed E-state index contributed by atoms with van der Waals surface area (Å²) in [5.41, 5.74) is 1.08. The van der Waals surface area contributed by atoms with Gasteiger partial charge in [0.05, 0.1) is 12.1 Å². The molecule has 0 saturated heterocycles. The first-order valence-corrected chi connectivity index (χ1v) is 6.92. The number of hydrogen-bond acceptors (Lipinski definition) is 2. The lowest BCUT2D eigenvalue weighted by Gasteiger charge is -2.21. The maximum atomic E-state index is 11.2. The SMILES string of the molecule is C[C@H](O)[C@@H](Cc1cccc(I)c1)NC(=O)CCl. The van der Waals surface area contributed by atoms with Crippen LogP contribution in [0.15, 0.2) is 24.3 Å². The van der Waals surface area contributed by atoms with Crippen molar-refractivity contribution in [1.29, 1.82) is 0 Å². The smallest absolute Gasteiger partial charge is 0.235 e. The van der Waals surface area contributed by atoms with Crippen LogP contribution in [0.4, 0.5) is 0 Å². The van der Waals surface area contributed by atoms with Gasteiger partial charge in [-0.25, -0.2) is 0 Å². The van der Waals surface area contributed by atoms with Crippen molar-refractivity contribution in [3.8, 4) is 0 Å². The van der Waals surface area contributed by atoms with Gasteiger partial charge in [-0.2, -0.15) is 0 Å². The summed E-state index contributed by atoms with van der Waals surface area (Å²) in [4.78, 5) is 11.2. The van der Waals surface area contributed by atoms with Crippen LogP contribution in [0.3, 0.4) is 0 Å². The van der Waals surface area contributed by atoms with Crippen LogP contribution in [0, 0.1) is 3.57 Å². The zero-order valence-electron chi connectivity index (χ0n) is 9.49. The van der Waals surface area contributed by atoms with Crippen LogP contribution in [-0.2, 0) is 11.2 Å². The predicted molar refractivity (Wildman–Crippen MR) is 77.2 cm³/mol. The van der Waals surface area contributed by atoms with Crippen molar-refractivity contribution in [2.75, 3.05) is 5.88 Å². The van der Waals surface area contributed by atoms with Gasteiger partial charge in [0.15, 0.2) is 0 Å². The Morgan fingerprint density at radius 2 is 2.29 bits per heavy atom. The number of carbonyl (C=O) groups excluding carboxylic acids is 1. The van der Waals surface area contributed by atoms with Gasteiger partial charge in [0.25, 0.3) is 0 Å². The standard InChI is InChI=1S/C12H15ClINO2/c1-8(16)11(15-12(17)7-13)6-9-3-2-4-10(14)5-9/h2-5,8,11,16H,6-7H2,1H3,(H,15,17)/t8-,11+/m0/s1. The molecule has 0 unspecified atom stereocenters. The quantitative estimate of drug-likeness (QED) is 0.617. The molecule has 2 N–H and O–H groups in total. The van der Waals surface area contributed by atoms with Crippen molar-refractivity contribution in [3.05, 3.63) is 33.4 Å². The molecule has 0 bridgehead atoms.